The molecule has 0 spiro atoms. The number of nitrogen functional groups attached to an aromatic ring is 1. The number of benzene rings is 1. The van der Waals surface area contributed by atoms with Gasteiger partial charge in [-0.1, -0.05) is 23.7 Å². The zero-order chi connectivity index (χ0) is 13.1. The van der Waals surface area contributed by atoms with Gasteiger partial charge in [-0.15, -0.1) is 0 Å². The molecule has 0 unspecified atom stereocenters. The van der Waals surface area contributed by atoms with E-state index in [1.807, 2.05) is 11.9 Å². The molecule has 0 atom stereocenters. The summed E-state index contributed by atoms with van der Waals surface area (Å²) in [4.78, 5) is 5.77. The number of aromatic nitrogens is 1. The van der Waals surface area contributed by atoms with Gasteiger partial charge in [-0.3, -0.25) is 4.98 Å². The predicted molar refractivity (Wildman–Crippen MR) is 72.2 cm³/mol. The molecule has 0 saturated heterocycles. The van der Waals surface area contributed by atoms with Crippen molar-refractivity contribution >= 4 is 23.0 Å². The lowest BCUT2D eigenvalue weighted by atomic mass is 10.2. The van der Waals surface area contributed by atoms with Crippen LogP contribution in [0, 0.1) is 5.82 Å². The van der Waals surface area contributed by atoms with E-state index in [0.717, 1.165) is 5.69 Å². The van der Waals surface area contributed by atoms with Crippen molar-refractivity contribution in [2.24, 2.45) is 0 Å². The van der Waals surface area contributed by atoms with Crippen molar-refractivity contribution in [1.82, 2.24) is 4.98 Å². The molecule has 0 aliphatic rings. The average molecular weight is 266 g/mol. The highest BCUT2D eigenvalue weighted by Crippen LogP contribution is 2.24. The number of rotatable bonds is 3. The van der Waals surface area contributed by atoms with E-state index >= 15 is 0 Å². The lowest BCUT2D eigenvalue weighted by molar-refractivity contribution is 0.608. The Morgan fingerprint density at radius 1 is 1.39 bits per heavy atom. The molecular formula is C13H13ClFN3. The van der Waals surface area contributed by atoms with Gasteiger partial charge in [-0.05, 0) is 12.1 Å². The van der Waals surface area contributed by atoms with Crippen molar-refractivity contribution in [3.05, 3.63) is 53.1 Å². The third-order valence-corrected chi connectivity index (χ3v) is 2.97. The van der Waals surface area contributed by atoms with E-state index in [9.17, 15) is 4.39 Å². The normalized spacial score (nSPS) is 10.4. The van der Waals surface area contributed by atoms with Crippen LogP contribution in [-0.2, 0) is 6.54 Å². The van der Waals surface area contributed by atoms with Crippen molar-refractivity contribution < 1.29 is 4.39 Å². The van der Waals surface area contributed by atoms with Crippen LogP contribution >= 0.6 is 11.6 Å². The van der Waals surface area contributed by atoms with Crippen molar-refractivity contribution in [3.8, 4) is 0 Å². The maximum Gasteiger partial charge on any atom is 0.146 e. The summed E-state index contributed by atoms with van der Waals surface area (Å²) in [6, 6.07) is 6.75. The van der Waals surface area contributed by atoms with E-state index in [-0.39, 0.29) is 5.02 Å². The summed E-state index contributed by atoms with van der Waals surface area (Å²) in [5.74, 6) is -0.390. The Bertz CT molecular complexity index is 560. The van der Waals surface area contributed by atoms with Crippen LogP contribution in [0.4, 0.5) is 15.8 Å². The third-order valence-electron chi connectivity index (χ3n) is 2.68. The lowest BCUT2D eigenvalue weighted by Crippen LogP contribution is -2.18. The van der Waals surface area contributed by atoms with Crippen LogP contribution in [0.1, 0.15) is 5.56 Å². The molecule has 0 radical (unpaired) electrons. The van der Waals surface area contributed by atoms with Crippen LogP contribution in [-0.4, -0.2) is 12.0 Å². The van der Waals surface area contributed by atoms with Gasteiger partial charge in [0, 0.05) is 25.4 Å². The Hall–Kier alpha value is -1.81. The Balaban J connectivity index is 2.24. The summed E-state index contributed by atoms with van der Waals surface area (Å²) in [7, 11) is 1.84. The maximum absolute atomic E-state index is 13.8. The first kappa shape index (κ1) is 12.6. The number of hydrogen-bond donors (Lipinski definition) is 1. The summed E-state index contributed by atoms with van der Waals surface area (Å²) in [5.41, 5.74) is 7.72. The number of anilines is 2. The van der Waals surface area contributed by atoms with Crippen LogP contribution in [0.15, 0.2) is 36.7 Å². The third kappa shape index (κ3) is 2.54. The fraction of sp³-hybridized carbons (Fsp3) is 0.154. The molecule has 1 aromatic heterocycles. The molecular weight excluding hydrogens is 253 g/mol. The van der Waals surface area contributed by atoms with Gasteiger partial charge in [0.1, 0.15) is 5.82 Å². The molecule has 18 heavy (non-hydrogen) atoms. The van der Waals surface area contributed by atoms with Gasteiger partial charge < -0.3 is 10.6 Å². The monoisotopic (exact) mass is 265 g/mol. The molecule has 0 saturated carbocycles. The standard InChI is InChI=1S/C13H13ClFN3/c1-18(12-5-6-17-7-11(12)16)8-9-3-2-4-10(14)13(9)15/h2-7H,8,16H2,1H3. The number of hydrogen-bond acceptors (Lipinski definition) is 3. The van der Waals surface area contributed by atoms with E-state index < -0.39 is 5.82 Å². The van der Waals surface area contributed by atoms with Gasteiger partial charge in [0.05, 0.1) is 22.6 Å². The molecule has 3 nitrogen and oxygen atoms in total. The SMILES string of the molecule is CN(Cc1cccc(Cl)c1F)c1ccncc1N. The number of nitrogens with zero attached hydrogens (tertiary/aromatic N) is 2. The second-order valence-electron chi connectivity index (χ2n) is 4.00. The molecule has 5 heteroatoms. The number of nitrogens with two attached hydrogens (primary N) is 1. The summed E-state index contributed by atoms with van der Waals surface area (Å²) in [6.07, 6.45) is 3.22. The smallest absolute Gasteiger partial charge is 0.146 e. The molecule has 0 fully saturated rings. The second kappa shape index (κ2) is 5.23. The minimum absolute atomic E-state index is 0.128. The molecule has 1 heterocycles. The zero-order valence-electron chi connectivity index (χ0n) is 9.90. The number of halogens is 2. The van der Waals surface area contributed by atoms with Gasteiger partial charge in [-0.2, -0.15) is 0 Å². The molecule has 0 amide bonds. The van der Waals surface area contributed by atoms with Gasteiger partial charge in [0.2, 0.25) is 0 Å². The zero-order valence-corrected chi connectivity index (χ0v) is 10.7. The van der Waals surface area contributed by atoms with Crippen molar-refractivity contribution in [3.63, 3.8) is 0 Å². The summed E-state index contributed by atoms with van der Waals surface area (Å²) in [5, 5.41) is 0.128. The topological polar surface area (TPSA) is 42.2 Å². The molecule has 0 aliphatic carbocycles. The molecule has 1 aromatic carbocycles. The van der Waals surface area contributed by atoms with Crippen molar-refractivity contribution in [2.45, 2.75) is 6.54 Å². The fourth-order valence-corrected chi connectivity index (χ4v) is 1.95. The van der Waals surface area contributed by atoms with Crippen LogP contribution in [0.2, 0.25) is 5.02 Å². The van der Waals surface area contributed by atoms with Gasteiger partial charge in [0.15, 0.2) is 0 Å². The Labute approximate surface area is 110 Å². The molecule has 94 valence electrons. The Morgan fingerprint density at radius 2 is 2.17 bits per heavy atom. The summed E-state index contributed by atoms with van der Waals surface area (Å²) in [6.45, 7) is 0.389. The minimum Gasteiger partial charge on any atom is -0.396 e. The highest BCUT2D eigenvalue weighted by atomic mass is 35.5. The van der Waals surface area contributed by atoms with Crippen LogP contribution < -0.4 is 10.6 Å². The Morgan fingerprint density at radius 3 is 2.89 bits per heavy atom. The van der Waals surface area contributed by atoms with Crippen molar-refractivity contribution in [2.75, 3.05) is 17.7 Å². The summed E-state index contributed by atoms with van der Waals surface area (Å²) >= 11 is 5.75. The maximum atomic E-state index is 13.8. The first-order valence-electron chi connectivity index (χ1n) is 5.43. The second-order valence-corrected chi connectivity index (χ2v) is 4.41. The van der Waals surface area contributed by atoms with E-state index in [4.69, 9.17) is 17.3 Å². The van der Waals surface area contributed by atoms with E-state index in [1.165, 1.54) is 6.07 Å². The Kier molecular flexibility index (Phi) is 3.67. The first-order chi connectivity index (χ1) is 8.59. The van der Waals surface area contributed by atoms with Crippen LogP contribution in [0.3, 0.4) is 0 Å². The van der Waals surface area contributed by atoms with E-state index in [2.05, 4.69) is 4.98 Å². The molecule has 2 aromatic rings. The van der Waals surface area contributed by atoms with E-state index in [1.54, 1.807) is 30.6 Å². The van der Waals surface area contributed by atoms with Gasteiger partial charge in [0.25, 0.3) is 0 Å². The van der Waals surface area contributed by atoms with Crippen LogP contribution in [0.5, 0.6) is 0 Å². The minimum atomic E-state index is -0.390. The molecule has 0 bridgehead atoms. The highest BCUT2D eigenvalue weighted by Gasteiger charge is 2.10. The molecule has 2 rings (SSSR count). The lowest BCUT2D eigenvalue weighted by Gasteiger charge is -2.21. The van der Waals surface area contributed by atoms with Crippen molar-refractivity contribution in [1.29, 1.82) is 0 Å². The van der Waals surface area contributed by atoms with E-state index in [0.29, 0.717) is 17.8 Å². The van der Waals surface area contributed by atoms with Gasteiger partial charge in [-0.25, -0.2) is 4.39 Å². The number of pyridine rings is 1. The first-order valence-corrected chi connectivity index (χ1v) is 5.81. The largest absolute Gasteiger partial charge is 0.396 e. The quantitative estimate of drug-likeness (QED) is 0.927. The fourth-order valence-electron chi connectivity index (χ4n) is 1.76. The van der Waals surface area contributed by atoms with Gasteiger partial charge >= 0.3 is 0 Å². The predicted octanol–water partition coefficient (Wildman–Crippen LogP) is 3.09. The highest BCUT2D eigenvalue weighted by molar-refractivity contribution is 6.30. The van der Waals surface area contributed by atoms with Crippen LogP contribution in [0.25, 0.3) is 0 Å². The molecule has 2 N–H and O–H groups in total. The molecule has 0 aliphatic heterocycles. The summed E-state index contributed by atoms with van der Waals surface area (Å²) < 4.78 is 13.8. The average Bonchev–Trinajstić information content (AvgIpc) is 2.35.